The highest BCUT2D eigenvalue weighted by atomic mass is 16.5. The standard InChI is InChI=1S/C18H21NO/c1-2-20-18-9-4-3-6-16(18)13-19-17-11-10-14-7-5-8-15(14)12-17/h3-4,6,9-12,19H,2,5,7-8,13H2,1H3. The number of anilines is 1. The number of fused-ring (bicyclic) bond motifs is 1. The van der Waals surface area contributed by atoms with Crippen molar-refractivity contribution < 1.29 is 4.74 Å². The first kappa shape index (κ1) is 13.0. The third-order valence-corrected chi connectivity index (χ3v) is 3.85. The van der Waals surface area contributed by atoms with Crippen LogP contribution in [-0.2, 0) is 19.4 Å². The Hall–Kier alpha value is -1.96. The van der Waals surface area contributed by atoms with Gasteiger partial charge in [-0.05, 0) is 55.5 Å². The summed E-state index contributed by atoms with van der Waals surface area (Å²) >= 11 is 0. The van der Waals surface area contributed by atoms with Gasteiger partial charge in [0.05, 0.1) is 6.61 Å². The zero-order chi connectivity index (χ0) is 13.8. The van der Waals surface area contributed by atoms with Crippen molar-refractivity contribution in [2.24, 2.45) is 0 Å². The second-order valence-corrected chi connectivity index (χ2v) is 5.23. The first-order valence-electron chi connectivity index (χ1n) is 7.43. The maximum atomic E-state index is 5.66. The zero-order valence-corrected chi connectivity index (χ0v) is 12.0. The first-order valence-corrected chi connectivity index (χ1v) is 7.43. The maximum Gasteiger partial charge on any atom is 0.124 e. The Morgan fingerprint density at radius 3 is 2.80 bits per heavy atom. The fourth-order valence-corrected chi connectivity index (χ4v) is 2.83. The van der Waals surface area contributed by atoms with Crippen molar-refractivity contribution in [2.75, 3.05) is 11.9 Å². The molecule has 0 fully saturated rings. The third kappa shape index (κ3) is 2.79. The summed E-state index contributed by atoms with van der Waals surface area (Å²) < 4.78 is 5.66. The van der Waals surface area contributed by atoms with Gasteiger partial charge in [-0.25, -0.2) is 0 Å². The van der Waals surface area contributed by atoms with Crippen molar-refractivity contribution in [3.05, 3.63) is 59.2 Å². The van der Waals surface area contributed by atoms with E-state index in [1.165, 1.54) is 41.6 Å². The highest BCUT2D eigenvalue weighted by Crippen LogP contribution is 2.26. The average molecular weight is 267 g/mol. The molecule has 20 heavy (non-hydrogen) atoms. The van der Waals surface area contributed by atoms with E-state index in [0.717, 1.165) is 12.3 Å². The summed E-state index contributed by atoms with van der Waals surface area (Å²) in [6.45, 7) is 3.52. The molecule has 0 heterocycles. The van der Waals surface area contributed by atoms with E-state index >= 15 is 0 Å². The molecule has 3 rings (SSSR count). The largest absolute Gasteiger partial charge is 0.494 e. The molecule has 0 aliphatic heterocycles. The fraction of sp³-hybridized carbons (Fsp3) is 0.333. The van der Waals surface area contributed by atoms with Crippen LogP contribution in [0.1, 0.15) is 30.0 Å². The SMILES string of the molecule is CCOc1ccccc1CNc1ccc2c(c1)CCC2. The molecule has 0 unspecified atom stereocenters. The number of hydrogen-bond donors (Lipinski definition) is 1. The van der Waals surface area contributed by atoms with Crippen LogP contribution in [0.5, 0.6) is 5.75 Å². The van der Waals surface area contributed by atoms with Crippen molar-refractivity contribution in [3.8, 4) is 5.75 Å². The number of nitrogens with one attached hydrogen (secondary N) is 1. The van der Waals surface area contributed by atoms with E-state index in [0.29, 0.717) is 6.61 Å². The van der Waals surface area contributed by atoms with Gasteiger partial charge in [-0.15, -0.1) is 0 Å². The van der Waals surface area contributed by atoms with E-state index in [1.807, 2.05) is 19.1 Å². The molecule has 2 aromatic rings. The number of hydrogen-bond acceptors (Lipinski definition) is 2. The number of para-hydroxylation sites is 1. The van der Waals surface area contributed by atoms with Gasteiger partial charge in [0, 0.05) is 17.8 Å². The summed E-state index contributed by atoms with van der Waals surface area (Å²) in [6.07, 6.45) is 3.76. The van der Waals surface area contributed by atoms with Crippen molar-refractivity contribution in [1.29, 1.82) is 0 Å². The summed E-state index contributed by atoms with van der Waals surface area (Å²) in [6, 6.07) is 15.0. The Morgan fingerprint density at radius 1 is 1.05 bits per heavy atom. The Labute approximate surface area is 120 Å². The number of ether oxygens (including phenoxy) is 1. The molecule has 2 aromatic carbocycles. The average Bonchev–Trinajstić information content (AvgIpc) is 2.94. The highest BCUT2D eigenvalue weighted by molar-refractivity contribution is 5.51. The van der Waals surface area contributed by atoms with Gasteiger partial charge in [-0.2, -0.15) is 0 Å². The van der Waals surface area contributed by atoms with E-state index in [4.69, 9.17) is 4.74 Å². The minimum Gasteiger partial charge on any atom is -0.494 e. The Balaban J connectivity index is 1.70. The molecule has 0 bridgehead atoms. The number of benzene rings is 2. The summed E-state index contributed by atoms with van der Waals surface area (Å²) in [5.41, 5.74) is 5.44. The van der Waals surface area contributed by atoms with Crippen LogP contribution in [0.25, 0.3) is 0 Å². The first-order chi connectivity index (χ1) is 9.86. The normalized spacial score (nSPS) is 13.1. The highest BCUT2D eigenvalue weighted by Gasteiger charge is 2.10. The van der Waals surface area contributed by atoms with E-state index < -0.39 is 0 Å². The van der Waals surface area contributed by atoms with E-state index in [9.17, 15) is 0 Å². The predicted molar refractivity (Wildman–Crippen MR) is 83.4 cm³/mol. The van der Waals surface area contributed by atoms with Crippen LogP contribution in [0.2, 0.25) is 0 Å². The number of aryl methyl sites for hydroxylation is 2. The molecule has 0 amide bonds. The molecule has 0 saturated carbocycles. The second kappa shape index (κ2) is 6.00. The van der Waals surface area contributed by atoms with Crippen molar-refractivity contribution in [2.45, 2.75) is 32.7 Å². The molecule has 1 aliphatic carbocycles. The fourth-order valence-electron chi connectivity index (χ4n) is 2.83. The molecule has 0 spiro atoms. The topological polar surface area (TPSA) is 21.3 Å². The van der Waals surface area contributed by atoms with Gasteiger partial charge in [0.1, 0.15) is 5.75 Å². The van der Waals surface area contributed by atoms with Gasteiger partial charge in [0.2, 0.25) is 0 Å². The summed E-state index contributed by atoms with van der Waals surface area (Å²) in [4.78, 5) is 0. The van der Waals surface area contributed by atoms with Gasteiger partial charge in [-0.3, -0.25) is 0 Å². The number of rotatable bonds is 5. The van der Waals surface area contributed by atoms with Crippen LogP contribution in [0, 0.1) is 0 Å². The maximum absolute atomic E-state index is 5.66. The lowest BCUT2D eigenvalue weighted by Crippen LogP contribution is -2.03. The minimum absolute atomic E-state index is 0.704. The van der Waals surface area contributed by atoms with E-state index in [1.54, 1.807) is 0 Å². The van der Waals surface area contributed by atoms with Crippen molar-refractivity contribution in [3.63, 3.8) is 0 Å². The lowest BCUT2D eigenvalue weighted by molar-refractivity contribution is 0.337. The quantitative estimate of drug-likeness (QED) is 0.877. The molecular weight excluding hydrogens is 246 g/mol. The van der Waals surface area contributed by atoms with Crippen LogP contribution in [0.15, 0.2) is 42.5 Å². The lowest BCUT2D eigenvalue weighted by Gasteiger charge is -2.12. The second-order valence-electron chi connectivity index (χ2n) is 5.23. The van der Waals surface area contributed by atoms with Crippen LogP contribution in [0.3, 0.4) is 0 Å². The molecule has 0 radical (unpaired) electrons. The van der Waals surface area contributed by atoms with Crippen LogP contribution in [-0.4, -0.2) is 6.61 Å². The van der Waals surface area contributed by atoms with E-state index in [2.05, 4.69) is 35.6 Å². The van der Waals surface area contributed by atoms with Crippen molar-refractivity contribution >= 4 is 5.69 Å². The third-order valence-electron chi connectivity index (χ3n) is 3.85. The molecule has 2 nitrogen and oxygen atoms in total. The molecule has 104 valence electrons. The molecule has 0 saturated heterocycles. The molecule has 1 N–H and O–H groups in total. The van der Waals surface area contributed by atoms with Crippen LogP contribution >= 0.6 is 0 Å². The lowest BCUT2D eigenvalue weighted by atomic mass is 10.1. The molecule has 1 aliphatic rings. The monoisotopic (exact) mass is 267 g/mol. The zero-order valence-electron chi connectivity index (χ0n) is 12.0. The Bertz CT molecular complexity index is 592. The molecule has 2 heteroatoms. The van der Waals surface area contributed by atoms with Crippen molar-refractivity contribution in [1.82, 2.24) is 0 Å². The summed E-state index contributed by atoms with van der Waals surface area (Å²) in [5, 5.41) is 3.51. The molecule has 0 aromatic heterocycles. The van der Waals surface area contributed by atoms with Crippen LogP contribution < -0.4 is 10.1 Å². The molecular formula is C18H21NO. The summed E-state index contributed by atoms with van der Waals surface area (Å²) in [7, 11) is 0. The van der Waals surface area contributed by atoms with Gasteiger partial charge >= 0.3 is 0 Å². The summed E-state index contributed by atoms with van der Waals surface area (Å²) in [5.74, 6) is 0.976. The predicted octanol–water partition coefficient (Wildman–Crippen LogP) is 4.19. The minimum atomic E-state index is 0.704. The van der Waals surface area contributed by atoms with Gasteiger partial charge in [0.25, 0.3) is 0 Å². The smallest absolute Gasteiger partial charge is 0.124 e. The van der Waals surface area contributed by atoms with Gasteiger partial charge < -0.3 is 10.1 Å². The Kier molecular flexibility index (Phi) is 3.91. The van der Waals surface area contributed by atoms with Crippen LogP contribution in [0.4, 0.5) is 5.69 Å². The van der Waals surface area contributed by atoms with Gasteiger partial charge in [0.15, 0.2) is 0 Å². The Morgan fingerprint density at radius 2 is 1.90 bits per heavy atom. The molecule has 0 atom stereocenters. The van der Waals surface area contributed by atoms with Gasteiger partial charge in [-0.1, -0.05) is 24.3 Å². The van der Waals surface area contributed by atoms with E-state index in [-0.39, 0.29) is 0 Å².